The molecule has 1 fully saturated rings. The Hall–Kier alpha value is -0.100. The first-order valence-electron chi connectivity index (χ1n) is 6.52. The van der Waals surface area contributed by atoms with E-state index < -0.39 is 0 Å². The number of hydrogen-bond donors (Lipinski definition) is 1. The van der Waals surface area contributed by atoms with E-state index in [1.54, 1.807) is 18.4 Å². The summed E-state index contributed by atoms with van der Waals surface area (Å²) in [5, 5.41) is 11.2. The second kappa shape index (κ2) is 7.48. The molecule has 0 aliphatic heterocycles. The van der Waals surface area contributed by atoms with Gasteiger partial charge in [-0.15, -0.1) is 11.3 Å². The van der Waals surface area contributed by atoms with Crippen molar-refractivity contribution in [2.45, 2.75) is 56.3 Å². The van der Waals surface area contributed by atoms with Crippen molar-refractivity contribution in [3.63, 3.8) is 0 Å². The van der Waals surface area contributed by atoms with Crippen LogP contribution in [0.2, 0.25) is 0 Å². The SMILES string of the molecule is COCc1nc(CSC2CCCCC2)sc1CO. The van der Waals surface area contributed by atoms with E-state index in [0.717, 1.165) is 26.6 Å². The summed E-state index contributed by atoms with van der Waals surface area (Å²) in [6.07, 6.45) is 6.88. The quantitative estimate of drug-likeness (QED) is 0.871. The summed E-state index contributed by atoms with van der Waals surface area (Å²) in [4.78, 5) is 5.52. The van der Waals surface area contributed by atoms with Gasteiger partial charge in [-0.3, -0.25) is 0 Å². The molecule has 1 aromatic heterocycles. The second-order valence-corrected chi connectivity index (χ2v) is 7.10. The van der Waals surface area contributed by atoms with Crippen LogP contribution in [0.1, 0.15) is 47.7 Å². The van der Waals surface area contributed by atoms with Crippen molar-refractivity contribution in [1.29, 1.82) is 0 Å². The van der Waals surface area contributed by atoms with Gasteiger partial charge in [0.25, 0.3) is 0 Å². The monoisotopic (exact) mass is 287 g/mol. The van der Waals surface area contributed by atoms with Gasteiger partial charge >= 0.3 is 0 Å². The van der Waals surface area contributed by atoms with Gasteiger partial charge in [-0.2, -0.15) is 11.8 Å². The van der Waals surface area contributed by atoms with Crippen molar-refractivity contribution in [2.24, 2.45) is 0 Å². The number of hydrogen-bond acceptors (Lipinski definition) is 5. The van der Waals surface area contributed by atoms with Gasteiger partial charge in [-0.05, 0) is 12.8 Å². The van der Waals surface area contributed by atoms with Crippen molar-refractivity contribution in [1.82, 2.24) is 4.98 Å². The Kier molecular flexibility index (Phi) is 5.95. The minimum Gasteiger partial charge on any atom is -0.391 e. The Bertz CT molecular complexity index is 362. The highest BCUT2D eigenvalue weighted by molar-refractivity contribution is 7.99. The molecule has 1 saturated carbocycles. The van der Waals surface area contributed by atoms with E-state index in [2.05, 4.69) is 4.98 Å². The van der Waals surface area contributed by atoms with Crippen LogP contribution in [0.15, 0.2) is 0 Å². The van der Waals surface area contributed by atoms with Crippen LogP contribution in [0, 0.1) is 0 Å². The number of thioether (sulfide) groups is 1. The first-order valence-corrected chi connectivity index (χ1v) is 8.39. The molecule has 3 nitrogen and oxygen atoms in total. The van der Waals surface area contributed by atoms with Crippen LogP contribution in [-0.4, -0.2) is 22.5 Å². The van der Waals surface area contributed by atoms with Crippen molar-refractivity contribution in [2.75, 3.05) is 7.11 Å². The topological polar surface area (TPSA) is 42.4 Å². The van der Waals surface area contributed by atoms with Crippen molar-refractivity contribution in [3.05, 3.63) is 15.6 Å². The van der Waals surface area contributed by atoms with Gasteiger partial charge in [0.1, 0.15) is 5.01 Å². The second-order valence-electron chi connectivity index (χ2n) is 4.64. The summed E-state index contributed by atoms with van der Waals surface area (Å²) in [6.45, 7) is 0.574. The van der Waals surface area contributed by atoms with Gasteiger partial charge < -0.3 is 9.84 Å². The van der Waals surface area contributed by atoms with Crippen LogP contribution in [0.3, 0.4) is 0 Å². The van der Waals surface area contributed by atoms with Gasteiger partial charge in [0.15, 0.2) is 0 Å². The van der Waals surface area contributed by atoms with Gasteiger partial charge in [0, 0.05) is 18.1 Å². The van der Waals surface area contributed by atoms with Crippen molar-refractivity contribution >= 4 is 23.1 Å². The van der Waals surface area contributed by atoms with E-state index in [-0.39, 0.29) is 6.61 Å². The molecule has 1 aromatic rings. The molecule has 0 saturated heterocycles. The Balaban J connectivity index is 1.88. The molecule has 1 aliphatic rings. The normalized spacial score (nSPS) is 17.2. The average Bonchev–Trinajstić information content (AvgIpc) is 2.80. The molecule has 0 unspecified atom stereocenters. The minimum atomic E-state index is 0.0739. The summed E-state index contributed by atoms with van der Waals surface area (Å²) >= 11 is 3.65. The van der Waals surface area contributed by atoms with Gasteiger partial charge in [0.05, 0.1) is 23.8 Å². The van der Waals surface area contributed by atoms with E-state index in [4.69, 9.17) is 4.74 Å². The molecule has 0 aromatic carbocycles. The lowest BCUT2D eigenvalue weighted by Crippen LogP contribution is -2.08. The molecule has 5 heteroatoms. The van der Waals surface area contributed by atoms with Crippen LogP contribution < -0.4 is 0 Å². The molecule has 102 valence electrons. The van der Waals surface area contributed by atoms with Gasteiger partial charge in [0.2, 0.25) is 0 Å². The Morgan fingerprint density at radius 1 is 1.39 bits per heavy atom. The molecule has 1 N–H and O–H groups in total. The highest BCUT2D eigenvalue weighted by Crippen LogP contribution is 2.32. The highest BCUT2D eigenvalue weighted by atomic mass is 32.2. The molecular formula is C13H21NO2S2. The smallest absolute Gasteiger partial charge is 0.103 e. The van der Waals surface area contributed by atoms with Crippen LogP contribution in [0.4, 0.5) is 0 Å². The molecule has 0 amide bonds. The predicted octanol–water partition coefficient (Wildman–Crippen LogP) is 3.35. The van der Waals surface area contributed by atoms with Crippen LogP contribution in [0.5, 0.6) is 0 Å². The number of methoxy groups -OCH3 is 1. The molecule has 2 rings (SSSR count). The molecule has 18 heavy (non-hydrogen) atoms. The third-order valence-electron chi connectivity index (χ3n) is 3.24. The zero-order chi connectivity index (χ0) is 12.8. The van der Waals surface area contributed by atoms with Gasteiger partial charge in [-0.1, -0.05) is 19.3 Å². The molecule has 1 aliphatic carbocycles. The summed E-state index contributed by atoms with van der Waals surface area (Å²) in [7, 11) is 1.66. The maximum absolute atomic E-state index is 9.28. The molecule has 1 heterocycles. The fraction of sp³-hybridized carbons (Fsp3) is 0.769. The number of aromatic nitrogens is 1. The van der Waals surface area contributed by atoms with E-state index in [9.17, 15) is 5.11 Å². The fourth-order valence-electron chi connectivity index (χ4n) is 2.29. The maximum atomic E-state index is 9.28. The summed E-state index contributed by atoms with van der Waals surface area (Å²) in [6, 6.07) is 0. The van der Waals surface area contributed by atoms with Gasteiger partial charge in [-0.25, -0.2) is 4.98 Å². The van der Waals surface area contributed by atoms with E-state index in [1.165, 1.54) is 32.1 Å². The number of nitrogens with zero attached hydrogens (tertiary/aromatic N) is 1. The average molecular weight is 287 g/mol. The summed E-state index contributed by atoms with van der Waals surface area (Å²) in [5.74, 6) is 0.978. The van der Waals surface area contributed by atoms with E-state index in [1.807, 2.05) is 11.8 Å². The number of ether oxygens (including phenoxy) is 1. The third kappa shape index (κ3) is 3.95. The Morgan fingerprint density at radius 3 is 2.83 bits per heavy atom. The lowest BCUT2D eigenvalue weighted by Gasteiger charge is -2.20. The molecule has 0 bridgehead atoms. The third-order valence-corrected chi connectivity index (χ3v) is 5.89. The maximum Gasteiger partial charge on any atom is 0.103 e. The largest absolute Gasteiger partial charge is 0.391 e. The van der Waals surface area contributed by atoms with Crippen LogP contribution >= 0.6 is 23.1 Å². The first-order chi connectivity index (χ1) is 8.83. The zero-order valence-corrected chi connectivity index (χ0v) is 12.5. The summed E-state index contributed by atoms with van der Waals surface area (Å²) in [5.41, 5.74) is 0.907. The zero-order valence-electron chi connectivity index (χ0n) is 10.9. The highest BCUT2D eigenvalue weighted by Gasteiger charge is 2.16. The first kappa shape index (κ1) is 14.3. The number of aliphatic hydroxyl groups is 1. The summed E-state index contributed by atoms with van der Waals surface area (Å²) < 4.78 is 5.10. The molecule has 0 radical (unpaired) electrons. The van der Waals surface area contributed by atoms with Crippen molar-refractivity contribution in [3.8, 4) is 0 Å². The van der Waals surface area contributed by atoms with E-state index in [0.29, 0.717) is 6.61 Å². The molecular weight excluding hydrogens is 266 g/mol. The Morgan fingerprint density at radius 2 is 2.17 bits per heavy atom. The lowest BCUT2D eigenvalue weighted by molar-refractivity contribution is 0.178. The molecule has 0 atom stereocenters. The minimum absolute atomic E-state index is 0.0739. The predicted molar refractivity (Wildman–Crippen MR) is 76.9 cm³/mol. The Labute approximate surface area is 117 Å². The fourth-order valence-corrected chi connectivity index (χ4v) is 4.57. The standard InChI is InChI=1S/C13H21NO2S2/c1-16-8-11-12(7-15)18-13(14-11)9-17-10-5-3-2-4-6-10/h10,15H,2-9H2,1H3. The van der Waals surface area contributed by atoms with Crippen molar-refractivity contribution < 1.29 is 9.84 Å². The number of thiazole rings is 1. The van der Waals surface area contributed by atoms with Crippen LogP contribution in [-0.2, 0) is 23.7 Å². The van der Waals surface area contributed by atoms with E-state index >= 15 is 0 Å². The lowest BCUT2D eigenvalue weighted by atomic mass is 10.0. The number of aliphatic hydroxyl groups excluding tert-OH is 1. The molecule has 0 spiro atoms. The van der Waals surface area contributed by atoms with Crippen LogP contribution in [0.25, 0.3) is 0 Å². The number of rotatable bonds is 6.